The lowest BCUT2D eigenvalue weighted by Crippen LogP contribution is -2.45. The zero-order chi connectivity index (χ0) is 23.8. The molecule has 0 amide bonds. The second-order valence-electron chi connectivity index (χ2n) is 9.12. The SMILES string of the molecule is Cl.O=S(=O)(c1ccc2ccccc2c1)n1ccc2cc(N3CCN(Cc4ccccc4)CC3)ccc21. The van der Waals surface area contributed by atoms with E-state index in [-0.39, 0.29) is 12.4 Å². The molecule has 1 saturated heterocycles. The van der Waals surface area contributed by atoms with Crippen LogP contribution >= 0.6 is 12.4 Å². The van der Waals surface area contributed by atoms with Crippen LogP contribution in [0.5, 0.6) is 0 Å². The Labute approximate surface area is 218 Å². The first-order valence-corrected chi connectivity index (χ1v) is 13.4. The monoisotopic (exact) mass is 517 g/mol. The Morgan fingerprint density at radius 3 is 2.17 bits per heavy atom. The van der Waals surface area contributed by atoms with Gasteiger partial charge in [0, 0.05) is 50.0 Å². The number of benzene rings is 4. The summed E-state index contributed by atoms with van der Waals surface area (Å²) in [5.41, 5.74) is 3.18. The topological polar surface area (TPSA) is 45.6 Å². The molecule has 1 fully saturated rings. The summed E-state index contributed by atoms with van der Waals surface area (Å²) in [6.07, 6.45) is 1.66. The molecule has 5 nitrogen and oxygen atoms in total. The molecule has 0 unspecified atom stereocenters. The van der Waals surface area contributed by atoms with Gasteiger partial charge in [-0.3, -0.25) is 4.90 Å². The molecule has 0 aliphatic carbocycles. The summed E-state index contributed by atoms with van der Waals surface area (Å²) in [5.74, 6) is 0. The molecule has 1 aliphatic rings. The van der Waals surface area contributed by atoms with Gasteiger partial charge in [-0.05, 0) is 52.7 Å². The van der Waals surface area contributed by atoms with Crippen molar-refractivity contribution in [2.24, 2.45) is 0 Å². The van der Waals surface area contributed by atoms with Gasteiger partial charge in [0.2, 0.25) is 0 Å². The number of nitrogens with zero attached hydrogens (tertiary/aromatic N) is 3. The van der Waals surface area contributed by atoms with E-state index in [4.69, 9.17) is 0 Å². The van der Waals surface area contributed by atoms with Crippen LogP contribution in [0.3, 0.4) is 0 Å². The minimum atomic E-state index is -3.69. The standard InChI is InChI=1S/C29H27N3O2S.ClH/c33-35(34,28-12-10-24-8-4-5-9-25(24)21-28)32-15-14-26-20-27(11-13-29(26)32)31-18-16-30(17-19-31)22-23-6-2-1-3-7-23;/h1-15,20-21H,16-19,22H2;1H. The molecular weight excluding hydrogens is 490 g/mol. The van der Waals surface area contributed by atoms with E-state index >= 15 is 0 Å². The largest absolute Gasteiger partial charge is 0.369 e. The number of fused-ring (bicyclic) bond motifs is 2. The highest BCUT2D eigenvalue weighted by molar-refractivity contribution is 7.90. The first kappa shape index (κ1) is 24.4. The lowest BCUT2D eigenvalue weighted by molar-refractivity contribution is 0.250. The highest BCUT2D eigenvalue weighted by Gasteiger charge is 2.21. The number of aromatic nitrogens is 1. The highest BCUT2D eigenvalue weighted by Crippen LogP contribution is 2.28. The molecule has 4 aromatic carbocycles. The minimum absolute atomic E-state index is 0. The smallest absolute Gasteiger partial charge is 0.268 e. The summed E-state index contributed by atoms with van der Waals surface area (Å²) in [4.78, 5) is 5.17. The zero-order valence-electron chi connectivity index (χ0n) is 19.8. The van der Waals surface area contributed by atoms with E-state index in [1.807, 2.05) is 48.5 Å². The van der Waals surface area contributed by atoms with Crippen LogP contribution in [0.15, 0.2) is 108 Å². The number of piperazine rings is 1. The number of hydrogen-bond acceptors (Lipinski definition) is 4. The Morgan fingerprint density at radius 1 is 0.667 bits per heavy atom. The summed E-state index contributed by atoms with van der Waals surface area (Å²) >= 11 is 0. The normalized spacial score (nSPS) is 14.7. The Morgan fingerprint density at radius 2 is 1.39 bits per heavy atom. The molecule has 7 heteroatoms. The van der Waals surface area contributed by atoms with Crippen molar-refractivity contribution < 1.29 is 8.42 Å². The van der Waals surface area contributed by atoms with E-state index in [1.54, 1.807) is 18.3 Å². The lowest BCUT2D eigenvalue weighted by Gasteiger charge is -2.36. The first-order chi connectivity index (χ1) is 17.1. The van der Waals surface area contributed by atoms with Gasteiger partial charge in [-0.2, -0.15) is 0 Å². The van der Waals surface area contributed by atoms with E-state index in [2.05, 4.69) is 46.2 Å². The zero-order valence-corrected chi connectivity index (χ0v) is 21.5. The second-order valence-corrected chi connectivity index (χ2v) is 10.9. The van der Waals surface area contributed by atoms with Gasteiger partial charge in [-0.25, -0.2) is 12.4 Å². The molecule has 0 atom stereocenters. The van der Waals surface area contributed by atoms with Gasteiger partial charge in [-0.1, -0.05) is 60.7 Å². The van der Waals surface area contributed by atoms with Gasteiger partial charge in [0.15, 0.2) is 0 Å². The molecule has 2 heterocycles. The van der Waals surface area contributed by atoms with Gasteiger partial charge >= 0.3 is 0 Å². The predicted octanol–water partition coefficient (Wildman–Crippen LogP) is 5.78. The molecule has 184 valence electrons. The lowest BCUT2D eigenvalue weighted by atomic mass is 10.1. The summed E-state index contributed by atoms with van der Waals surface area (Å²) in [6.45, 7) is 4.89. The Hall–Kier alpha value is -3.32. The summed E-state index contributed by atoms with van der Waals surface area (Å²) in [7, 11) is -3.69. The van der Waals surface area contributed by atoms with Gasteiger partial charge in [-0.15, -0.1) is 12.4 Å². The van der Waals surface area contributed by atoms with Crippen LogP contribution in [0.25, 0.3) is 21.7 Å². The maximum Gasteiger partial charge on any atom is 0.268 e. The van der Waals surface area contributed by atoms with E-state index in [0.717, 1.165) is 54.6 Å². The number of rotatable bonds is 5. The molecule has 1 aromatic heterocycles. The highest BCUT2D eigenvalue weighted by atomic mass is 35.5. The molecule has 0 spiro atoms. The minimum Gasteiger partial charge on any atom is -0.369 e. The van der Waals surface area contributed by atoms with Crippen molar-refractivity contribution in [2.75, 3.05) is 31.1 Å². The molecular formula is C29H28ClN3O2S. The van der Waals surface area contributed by atoms with Crippen molar-refractivity contribution in [3.05, 3.63) is 109 Å². The molecule has 0 radical (unpaired) electrons. The van der Waals surface area contributed by atoms with E-state index in [0.29, 0.717) is 10.4 Å². The van der Waals surface area contributed by atoms with Crippen molar-refractivity contribution in [1.82, 2.24) is 8.87 Å². The molecule has 0 saturated carbocycles. The van der Waals surface area contributed by atoms with Crippen molar-refractivity contribution >= 4 is 49.8 Å². The van der Waals surface area contributed by atoms with E-state index < -0.39 is 10.0 Å². The van der Waals surface area contributed by atoms with Crippen LogP contribution in [0.2, 0.25) is 0 Å². The Bertz CT molecular complexity index is 1610. The van der Waals surface area contributed by atoms with Gasteiger partial charge in [0.05, 0.1) is 10.4 Å². The van der Waals surface area contributed by atoms with Crippen LogP contribution in [-0.2, 0) is 16.6 Å². The molecule has 5 aromatic rings. The third kappa shape index (κ3) is 4.60. The maximum absolute atomic E-state index is 13.5. The average molecular weight is 518 g/mol. The summed E-state index contributed by atoms with van der Waals surface area (Å²) in [6, 6.07) is 31.7. The van der Waals surface area contributed by atoms with Crippen LogP contribution in [0, 0.1) is 0 Å². The van der Waals surface area contributed by atoms with Crippen LogP contribution < -0.4 is 4.90 Å². The first-order valence-electron chi connectivity index (χ1n) is 11.9. The van der Waals surface area contributed by atoms with Crippen LogP contribution in [0.4, 0.5) is 5.69 Å². The fraction of sp³-hybridized carbons (Fsp3) is 0.172. The van der Waals surface area contributed by atoms with E-state index in [9.17, 15) is 8.42 Å². The van der Waals surface area contributed by atoms with E-state index in [1.165, 1.54) is 9.54 Å². The van der Waals surface area contributed by atoms with Crippen molar-refractivity contribution in [2.45, 2.75) is 11.4 Å². The third-order valence-corrected chi connectivity index (χ3v) is 8.59. The molecule has 0 N–H and O–H groups in total. The van der Waals surface area contributed by atoms with Crippen LogP contribution in [-0.4, -0.2) is 43.5 Å². The predicted molar refractivity (Wildman–Crippen MR) is 150 cm³/mol. The van der Waals surface area contributed by atoms with Crippen LogP contribution in [0.1, 0.15) is 5.56 Å². The number of halogens is 1. The van der Waals surface area contributed by atoms with Gasteiger partial charge in [0.25, 0.3) is 10.0 Å². The molecule has 36 heavy (non-hydrogen) atoms. The van der Waals surface area contributed by atoms with Crippen molar-refractivity contribution in [3.63, 3.8) is 0 Å². The Kier molecular flexibility index (Phi) is 6.75. The van der Waals surface area contributed by atoms with Crippen molar-refractivity contribution in [1.29, 1.82) is 0 Å². The summed E-state index contributed by atoms with van der Waals surface area (Å²) in [5, 5.41) is 2.87. The maximum atomic E-state index is 13.5. The fourth-order valence-electron chi connectivity index (χ4n) is 4.96. The third-order valence-electron chi connectivity index (χ3n) is 6.90. The molecule has 1 aliphatic heterocycles. The molecule has 0 bridgehead atoms. The van der Waals surface area contributed by atoms with Gasteiger partial charge < -0.3 is 4.90 Å². The molecule has 6 rings (SSSR count). The second kappa shape index (κ2) is 9.97. The van der Waals surface area contributed by atoms with Gasteiger partial charge in [0.1, 0.15) is 0 Å². The quantitative estimate of drug-likeness (QED) is 0.296. The summed E-state index contributed by atoms with van der Waals surface area (Å²) < 4.78 is 28.3. The van der Waals surface area contributed by atoms with Crippen molar-refractivity contribution in [3.8, 4) is 0 Å². The Balaban J connectivity index is 0.00000267. The average Bonchev–Trinajstić information content (AvgIpc) is 3.34. The fourth-order valence-corrected chi connectivity index (χ4v) is 6.35. The number of hydrogen-bond donors (Lipinski definition) is 0. The number of anilines is 1.